The van der Waals surface area contributed by atoms with Crippen LogP contribution in [0.5, 0.6) is 0 Å². The molecule has 3 heterocycles. The molecule has 0 N–H and O–H groups in total. The van der Waals surface area contributed by atoms with Crippen molar-refractivity contribution in [2.24, 2.45) is 5.92 Å². The van der Waals surface area contributed by atoms with E-state index in [-0.39, 0.29) is 5.97 Å². The summed E-state index contributed by atoms with van der Waals surface area (Å²) >= 11 is 6.22. The Balaban J connectivity index is 1.47. The number of likely N-dealkylation sites (tertiary alicyclic amines) is 1. The first-order valence-corrected chi connectivity index (χ1v) is 9.11. The minimum Gasteiger partial charge on any atom is -0.468 e. The van der Waals surface area contributed by atoms with Gasteiger partial charge in [-0.05, 0) is 57.8 Å². The Hall–Kier alpha value is -1.79. The van der Waals surface area contributed by atoms with E-state index in [2.05, 4.69) is 10.00 Å². The number of rotatable bonds is 6. The maximum atomic E-state index is 12.4. The molecule has 0 unspecified atom stereocenters. The van der Waals surface area contributed by atoms with Gasteiger partial charge >= 0.3 is 5.97 Å². The molecule has 1 saturated heterocycles. The van der Waals surface area contributed by atoms with Crippen LogP contribution in [-0.4, -0.2) is 40.3 Å². The summed E-state index contributed by atoms with van der Waals surface area (Å²) < 4.78 is 12.5. The van der Waals surface area contributed by atoms with Crippen LogP contribution in [-0.2, 0) is 17.8 Å². The molecule has 0 spiro atoms. The summed E-state index contributed by atoms with van der Waals surface area (Å²) in [6, 6.07) is 3.91. The molecule has 25 heavy (non-hydrogen) atoms. The Morgan fingerprint density at radius 3 is 2.80 bits per heavy atom. The van der Waals surface area contributed by atoms with Gasteiger partial charge in [0.25, 0.3) is 0 Å². The number of carbonyl (C=O) groups is 1. The topological polar surface area (TPSA) is 60.5 Å². The highest BCUT2D eigenvalue weighted by atomic mass is 35.5. The van der Waals surface area contributed by atoms with Crippen LogP contribution in [0.3, 0.4) is 0 Å². The predicted octanol–water partition coefficient (Wildman–Crippen LogP) is 3.53. The lowest BCUT2D eigenvalue weighted by molar-refractivity contribution is 0.0365. The Morgan fingerprint density at radius 2 is 2.20 bits per heavy atom. The molecule has 3 rings (SSSR count). The van der Waals surface area contributed by atoms with Crippen molar-refractivity contribution >= 4 is 17.6 Å². The zero-order valence-corrected chi connectivity index (χ0v) is 15.5. The van der Waals surface area contributed by atoms with Crippen molar-refractivity contribution in [1.29, 1.82) is 0 Å². The lowest BCUT2D eigenvalue weighted by atomic mass is 9.98. The van der Waals surface area contributed by atoms with E-state index < -0.39 is 0 Å². The van der Waals surface area contributed by atoms with Gasteiger partial charge in [0.2, 0.25) is 0 Å². The zero-order chi connectivity index (χ0) is 17.8. The van der Waals surface area contributed by atoms with Gasteiger partial charge in [-0.15, -0.1) is 0 Å². The second-order valence-electron chi connectivity index (χ2n) is 6.46. The summed E-state index contributed by atoms with van der Waals surface area (Å²) in [5.74, 6) is 1.00. The van der Waals surface area contributed by atoms with Crippen molar-refractivity contribution in [1.82, 2.24) is 14.7 Å². The highest BCUT2D eigenvalue weighted by molar-refractivity contribution is 6.32. The monoisotopic (exact) mass is 365 g/mol. The molecule has 0 atom stereocenters. The number of halogens is 1. The lowest BCUT2D eigenvalue weighted by Crippen LogP contribution is -2.34. The maximum Gasteiger partial charge on any atom is 0.343 e. The molecule has 1 aliphatic heterocycles. The van der Waals surface area contributed by atoms with Gasteiger partial charge in [-0.1, -0.05) is 11.6 Å². The Kier molecular flexibility index (Phi) is 5.81. The Morgan fingerprint density at radius 1 is 1.44 bits per heavy atom. The van der Waals surface area contributed by atoms with Crippen molar-refractivity contribution in [3.05, 3.63) is 40.6 Å². The number of carbonyl (C=O) groups excluding carboxylic acids is 1. The van der Waals surface area contributed by atoms with Crippen LogP contribution in [0.1, 0.15) is 41.6 Å². The molecule has 7 heteroatoms. The molecular weight excluding hydrogens is 342 g/mol. The standard InChI is InChI=1S/C18H24ClN3O3/c1-3-22-17(19)16(13(2)20-22)18(23)25-12-14-6-8-21(9-7-14)11-15-5-4-10-24-15/h4-5,10,14H,3,6-9,11-12H2,1-2H3. The zero-order valence-electron chi connectivity index (χ0n) is 14.7. The van der Waals surface area contributed by atoms with Crippen LogP contribution in [0.25, 0.3) is 0 Å². The number of piperidine rings is 1. The number of aromatic nitrogens is 2. The average molecular weight is 366 g/mol. The van der Waals surface area contributed by atoms with E-state index in [1.54, 1.807) is 17.9 Å². The minimum atomic E-state index is -0.375. The number of ether oxygens (including phenoxy) is 1. The van der Waals surface area contributed by atoms with Gasteiger partial charge in [0.05, 0.1) is 25.1 Å². The SMILES string of the molecule is CCn1nc(C)c(C(=O)OCC2CCN(Cc3ccco3)CC2)c1Cl. The number of furan rings is 1. The summed E-state index contributed by atoms with van der Waals surface area (Å²) in [7, 11) is 0. The number of nitrogens with zero attached hydrogens (tertiary/aromatic N) is 3. The smallest absolute Gasteiger partial charge is 0.343 e. The van der Waals surface area contributed by atoms with Gasteiger partial charge in [0, 0.05) is 6.54 Å². The Labute approximate surface area is 152 Å². The van der Waals surface area contributed by atoms with Crippen LogP contribution in [0.4, 0.5) is 0 Å². The van der Waals surface area contributed by atoms with Crippen molar-refractivity contribution in [2.45, 2.75) is 39.8 Å². The molecule has 2 aromatic rings. The van der Waals surface area contributed by atoms with E-state index in [0.29, 0.717) is 35.5 Å². The highest BCUT2D eigenvalue weighted by Gasteiger charge is 2.24. The molecule has 0 aromatic carbocycles. The van der Waals surface area contributed by atoms with E-state index in [0.717, 1.165) is 38.2 Å². The lowest BCUT2D eigenvalue weighted by Gasteiger charge is -2.30. The quantitative estimate of drug-likeness (QED) is 0.733. The molecule has 6 nitrogen and oxygen atoms in total. The fourth-order valence-corrected chi connectivity index (χ4v) is 3.57. The third-order valence-electron chi connectivity index (χ3n) is 4.69. The minimum absolute atomic E-state index is 0.360. The largest absolute Gasteiger partial charge is 0.468 e. The summed E-state index contributed by atoms with van der Waals surface area (Å²) in [6.07, 6.45) is 3.72. The molecular formula is C18H24ClN3O3. The molecule has 136 valence electrons. The van der Waals surface area contributed by atoms with Crippen molar-refractivity contribution in [3.63, 3.8) is 0 Å². The second-order valence-corrected chi connectivity index (χ2v) is 6.82. The third-order valence-corrected chi connectivity index (χ3v) is 5.07. The van der Waals surface area contributed by atoms with E-state index in [1.807, 2.05) is 19.1 Å². The van der Waals surface area contributed by atoms with E-state index in [9.17, 15) is 4.79 Å². The Bertz CT molecular complexity index is 703. The first-order chi connectivity index (χ1) is 12.1. The van der Waals surface area contributed by atoms with Gasteiger partial charge in [-0.25, -0.2) is 4.79 Å². The molecule has 0 amide bonds. The molecule has 1 aliphatic rings. The van der Waals surface area contributed by atoms with Gasteiger partial charge in [-0.2, -0.15) is 5.10 Å². The van der Waals surface area contributed by atoms with Gasteiger partial charge in [0.15, 0.2) is 0 Å². The summed E-state index contributed by atoms with van der Waals surface area (Å²) in [5.41, 5.74) is 1.00. The van der Waals surface area contributed by atoms with Crippen LogP contribution in [0.15, 0.2) is 22.8 Å². The molecule has 0 bridgehead atoms. The second kappa shape index (κ2) is 8.06. The predicted molar refractivity (Wildman–Crippen MR) is 94.6 cm³/mol. The molecule has 2 aromatic heterocycles. The first-order valence-electron chi connectivity index (χ1n) is 8.73. The number of hydrogen-bond donors (Lipinski definition) is 0. The van der Waals surface area contributed by atoms with E-state index in [4.69, 9.17) is 20.8 Å². The van der Waals surface area contributed by atoms with Crippen molar-refractivity contribution < 1.29 is 13.9 Å². The van der Waals surface area contributed by atoms with Gasteiger partial charge in [0.1, 0.15) is 16.5 Å². The van der Waals surface area contributed by atoms with E-state index >= 15 is 0 Å². The maximum absolute atomic E-state index is 12.4. The normalized spacial score (nSPS) is 16.3. The van der Waals surface area contributed by atoms with Crippen LogP contribution in [0.2, 0.25) is 5.15 Å². The van der Waals surface area contributed by atoms with Crippen molar-refractivity contribution in [2.75, 3.05) is 19.7 Å². The molecule has 0 radical (unpaired) electrons. The van der Waals surface area contributed by atoms with Crippen LogP contribution < -0.4 is 0 Å². The van der Waals surface area contributed by atoms with Crippen molar-refractivity contribution in [3.8, 4) is 0 Å². The molecule has 0 saturated carbocycles. The number of hydrogen-bond acceptors (Lipinski definition) is 5. The first kappa shape index (κ1) is 18.0. The third kappa shape index (κ3) is 4.25. The van der Waals surface area contributed by atoms with E-state index in [1.165, 1.54) is 0 Å². The molecule has 0 aliphatic carbocycles. The summed E-state index contributed by atoms with van der Waals surface area (Å²) in [5, 5.41) is 4.62. The summed E-state index contributed by atoms with van der Waals surface area (Å²) in [6.45, 7) is 7.57. The highest BCUT2D eigenvalue weighted by Crippen LogP contribution is 2.23. The van der Waals surface area contributed by atoms with Crippen LogP contribution in [0, 0.1) is 12.8 Å². The molecule has 1 fully saturated rings. The van der Waals surface area contributed by atoms with Gasteiger partial charge < -0.3 is 9.15 Å². The fraction of sp³-hybridized carbons (Fsp3) is 0.556. The number of aryl methyl sites for hydroxylation is 2. The van der Waals surface area contributed by atoms with Gasteiger partial charge in [-0.3, -0.25) is 9.58 Å². The summed E-state index contributed by atoms with van der Waals surface area (Å²) in [4.78, 5) is 14.7. The van der Waals surface area contributed by atoms with Crippen LogP contribution >= 0.6 is 11.6 Å². The average Bonchev–Trinajstić information content (AvgIpc) is 3.21. The number of esters is 1. The fourth-order valence-electron chi connectivity index (χ4n) is 3.19.